The molecule has 0 bridgehead atoms. The number of halogens is 3. The number of para-hydroxylation sites is 1. The zero-order chi connectivity index (χ0) is 19.2. The molecule has 0 fully saturated rings. The molecule has 0 unspecified atom stereocenters. The monoisotopic (exact) mass is 367 g/mol. The molecule has 2 rings (SSSR count). The number of carbonyl (C=O) groups excluding carboxylic acids is 1. The Bertz CT molecular complexity index is 749. The lowest BCUT2D eigenvalue weighted by Gasteiger charge is -2.13. The summed E-state index contributed by atoms with van der Waals surface area (Å²) in [6.45, 7) is 1.53. The highest BCUT2D eigenvalue weighted by Crippen LogP contribution is 2.34. The predicted molar refractivity (Wildman–Crippen MR) is 93.1 cm³/mol. The summed E-state index contributed by atoms with van der Waals surface area (Å²) < 4.78 is 39.0. The Balaban J connectivity index is 2.06. The minimum Gasteiger partial charge on any atom is -0.370 e. The first-order chi connectivity index (χ1) is 12.3. The van der Waals surface area contributed by atoms with Crippen LogP contribution in [0.4, 0.5) is 24.7 Å². The molecular weight excluding hydrogens is 347 g/mol. The van der Waals surface area contributed by atoms with Crippen LogP contribution in [0.25, 0.3) is 0 Å². The summed E-state index contributed by atoms with van der Waals surface area (Å²) in [5.74, 6) is -0.298. The van der Waals surface area contributed by atoms with Crippen LogP contribution in [0.1, 0.15) is 22.5 Å². The number of aromatic nitrogens is 2. The third-order valence-electron chi connectivity index (χ3n) is 3.47. The number of nitrogens with zero attached hydrogens (tertiary/aromatic N) is 3. The molecule has 0 aliphatic carbocycles. The largest absolute Gasteiger partial charge is 0.418 e. The van der Waals surface area contributed by atoms with E-state index in [0.29, 0.717) is 12.4 Å². The fraction of sp³-hybridized carbons (Fsp3) is 0.353. The average Bonchev–Trinajstić information content (AvgIpc) is 2.58. The summed E-state index contributed by atoms with van der Waals surface area (Å²) in [4.78, 5) is 22.1. The van der Waals surface area contributed by atoms with Crippen molar-refractivity contribution in [3.05, 3.63) is 47.9 Å². The maximum Gasteiger partial charge on any atom is 0.418 e. The molecule has 1 aromatic carbocycles. The first-order valence-corrected chi connectivity index (χ1v) is 7.95. The second-order valence-corrected chi connectivity index (χ2v) is 5.87. The van der Waals surface area contributed by atoms with Crippen LogP contribution < -0.4 is 10.6 Å². The van der Waals surface area contributed by atoms with Gasteiger partial charge in [0.05, 0.1) is 11.3 Å². The fourth-order valence-corrected chi connectivity index (χ4v) is 2.22. The van der Waals surface area contributed by atoms with E-state index in [9.17, 15) is 18.0 Å². The summed E-state index contributed by atoms with van der Waals surface area (Å²) in [6.07, 6.45) is -2.49. The highest BCUT2D eigenvalue weighted by atomic mass is 19.4. The minimum absolute atomic E-state index is 0.0212. The molecule has 0 spiro atoms. The molecule has 0 radical (unpaired) electrons. The molecule has 9 heteroatoms. The van der Waals surface area contributed by atoms with Crippen molar-refractivity contribution in [2.45, 2.75) is 12.6 Å². The number of alkyl halides is 3. The molecule has 1 amide bonds. The van der Waals surface area contributed by atoms with Crippen LogP contribution in [0.2, 0.25) is 0 Å². The molecule has 2 N–H and O–H groups in total. The minimum atomic E-state index is -4.56. The number of hydrogen-bond donors (Lipinski definition) is 2. The van der Waals surface area contributed by atoms with Gasteiger partial charge >= 0.3 is 6.18 Å². The van der Waals surface area contributed by atoms with Crippen LogP contribution in [-0.2, 0) is 6.18 Å². The Kier molecular flexibility index (Phi) is 6.51. The van der Waals surface area contributed by atoms with E-state index in [2.05, 4.69) is 20.6 Å². The molecular formula is C17H20F3N5O. The lowest BCUT2D eigenvalue weighted by molar-refractivity contribution is -0.136. The van der Waals surface area contributed by atoms with E-state index in [1.807, 2.05) is 19.0 Å². The Morgan fingerprint density at radius 3 is 2.62 bits per heavy atom. The van der Waals surface area contributed by atoms with Crippen LogP contribution in [0.15, 0.2) is 36.7 Å². The maximum atomic E-state index is 13.0. The highest BCUT2D eigenvalue weighted by molar-refractivity contribution is 6.03. The summed E-state index contributed by atoms with van der Waals surface area (Å²) in [5.41, 5.74) is -1.25. The average molecular weight is 367 g/mol. The quantitative estimate of drug-likeness (QED) is 0.736. The van der Waals surface area contributed by atoms with Gasteiger partial charge in [0.25, 0.3) is 5.91 Å². The first-order valence-electron chi connectivity index (χ1n) is 7.95. The molecule has 26 heavy (non-hydrogen) atoms. The molecule has 0 saturated carbocycles. The predicted octanol–water partition coefficient (Wildman–Crippen LogP) is 3.11. The SMILES string of the molecule is CN(C)CCCNc1cc(C(=O)Nc2ccccc2C(F)(F)F)ncn1. The lowest BCUT2D eigenvalue weighted by atomic mass is 10.1. The van der Waals surface area contributed by atoms with Gasteiger partial charge in [-0.05, 0) is 39.2 Å². The van der Waals surface area contributed by atoms with Crippen molar-refractivity contribution in [1.82, 2.24) is 14.9 Å². The first kappa shape index (κ1) is 19.6. The van der Waals surface area contributed by atoms with E-state index >= 15 is 0 Å². The van der Waals surface area contributed by atoms with E-state index in [1.54, 1.807) is 0 Å². The second kappa shape index (κ2) is 8.61. The second-order valence-electron chi connectivity index (χ2n) is 5.87. The third kappa shape index (κ3) is 5.69. The van der Waals surface area contributed by atoms with Gasteiger partial charge in [-0.2, -0.15) is 13.2 Å². The molecule has 0 aliphatic rings. The van der Waals surface area contributed by atoms with Crippen molar-refractivity contribution in [3.8, 4) is 0 Å². The van der Waals surface area contributed by atoms with Gasteiger partial charge in [-0.15, -0.1) is 0 Å². The highest BCUT2D eigenvalue weighted by Gasteiger charge is 2.33. The summed E-state index contributed by atoms with van der Waals surface area (Å²) >= 11 is 0. The zero-order valence-corrected chi connectivity index (χ0v) is 14.5. The molecule has 1 heterocycles. The molecule has 0 saturated heterocycles. The van der Waals surface area contributed by atoms with Gasteiger partial charge in [0.1, 0.15) is 17.8 Å². The van der Waals surface area contributed by atoms with Gasteiger partial charge < -0.3 is 15.5 Å². The number of hydrogen-bond acceptors (Lipinski definition) is 5. The Hall–Kier alpha value is -2.68. The number of rotatable bonds is 7. The van der Waals surface area contributed by atoms with Gasteiger partial charge in [-0.25, -0.2) is 9.97 Å². The van der Waals surface area contributed by atoms with Crippen LogP contribution in [0.3, 0.4) is 0 Å². The van der Waals surface area contributed by atoms with Crippen molar-refractivity contribution >= 4 is 17.4 Å². The van der Waals surface area contributed by atoms with Gasteiger partial charge in [-0.1, -0.05) is 12.1 Å². The molecule has 140 valence electrons. The zero-order valence-electron chi connectivity index (χ0n) is 14.5. The summed E-state index contributed by atoms with van der Waals surface area (Å²) in [7, 11) is 3.93. The Morgan fingerprint density at radius 2 is 1.92 bits per heavy atom. The van der Waals surface area contributed by atoms with Crippen molar-refractivity contribution in [2.75, 3.05) is 37.8 Å². The van der Waals surface area contributed by atoms with Gasteiger partial charge in [0.2, 0.25) is 0 Å². The number of anilines is 2. The Labute approximate surface area is 149 Å². The van der Waals surface area contributed by atoms with E-state index < -0.39 is 17.6 Å². The molecule has 0 aliphatic heterocycles. The van der Waals surface area contributed by atoms with Crippen LogP contribution in [0.5, 0.6) is 0 Å². The van der Waals surface area contributed by atoms with E-state index in [1.165, 1.54) is 30.6 Å². The normalized spacial score (nSPS) is 11.5. The van der Waals surface area contributed by atoms with Crippen molar-refractivity contribution in [2.24, 2.45) is 0 Å². The molecule has 0 atom stereocenters. The number of nitrogens with one attached hydrogen (secondary N) is 2. The van der Waals surface area contributed by atoms with E-state index in [-0.39, 0.29) is 11.4 Å². The number of benzene rings is 1. The standard InChI is InChI=1S/C17H20F3N5O/c1-25(2)9-5-8-21-15-10-14(22-11-23-15)16(26)24-13-7-4-3-6-12(13)17(18,19)20/h3-4,6-7,10-11H,5,8-9H2,1-2H3,(H,24,26)(H,21,22,23). The molecule has 1 aromatic heterocycles. The summed E-state index contributed by atoms with van der Waals surface area (Å²) in [6, 6.07) is 6.19. The maximum absolute atomic E-state index is 13.0. The number of carbonyl (C=O) groups is 1. The van der Waals surface area contributed by atoms with Gasteiger partial charge in [0.15, 0.2) is 0 Å². The molecule has 2 aromatic rings. The number of amides is 1. The van der Waals surface area contributed by atoms with E-state index in [0.717, 1.165) is 19.0 Å². The third-order valence-corrected chi connectivity index (χ3v) is 3.47. The van der Waals surface area contributed by atoms with Crippen LogP contribution in [0, 0.1) is 0 Å². The van der Waals surface area contributed by atoms with Gasteiger partial charge in [0, 0.05) is 12.6 Å². The van der Waals surface area contributed by atoms with Crippen molar-refractivity contribution < 1.29 is 18.0 Å². The van der Waals surface area contributed by atoms with Crippen LogP contribution in [-0.4, -0.2) is 48.0 Å². The van der Waals surface area contributed by atoms with Crippen molar-refractivity contribution in [3.63, 3.8) is 0 Å². The lowest BCUT2D eigenvalue weighted by Crippen LogP contribution is -2.19. The van der Waals surface area contributed by atoms with Crippen molar-refractivity contribution in [1.29, 1.82) is 0 Å². The summed E-state index contributed by atoms with van der Waals surface area (Å²) in [5, 5.41) is 5.32. The molecule has 6 nitrogen and oxygen atoms in total. The fourth-order valence-electron chi connectivity index (χ4n) is 2.22. The Morgan fingerprint density at radius 1 is 1.19 bits per heavy atom. The smallest absolute Gasteiger partial charge is 0.370 e. The van der Waals surface area contributed by atoms with Crippen LogP contribution >= 0.6 is 0 Å². The topological polar surface area (TPSA) is 70.2 Å². The van der Waals surface area contributed by atoms with Gasteiger partial charge in [-0.3, -0.25) is 4.79 Å². The van der Waals surface area contributed by atoms with E-state index in [4.69, 9.17) is 0 Å².